The van der Waals surface area contributed by atoms with Crippen LogP contribution in [0.1, 0.15) is 28.1 Å². The zero-order valence-electron chi connectivity index (χ0n) is 22.4. The van der Waals surface area contributed by atoms with Crippen molar-refractivity contribution in [3.63, 3.8) is 0 Å². The summed E-state index contributed by atoms with van der Waals surface area (Å²) in [5.74, 6) is -1.38. The largest absolute Gasteiger partial charge is 0.395 e. The van der Waals surface area contributed by atoms with Crippen LogP contribution in [0.5, 0.6) is 0 Å². The lowest BCUT2D eigenvalue weighted by atomic mass is 10.1. The van der Waals surface area contributed by atoms with E-state index in [0.29, 0.717) is 23.4 Å². The predicted octanol–water partition coefficient (Wildman–Crippen LogP) is 1.95. The number of piperidine rings is 1. The second-order valence-corrected chi connectivity index (χ2v) is 18.6. The number of nitro benzene ring substituents is 1. The minimum absolute atomic E-state index is 0.0675. The number of sulfonamides is 1. The molecule has 1 aliphatic heterocycles. The number of hydrogen-bond acceptors (Lipinski definition) is 12. The minimum Gasteiger partial charge on any atom is -0.395 e. The SMILES string of the molecule is O=C(NCc1ccc(S(=O)(=O)N2CCC(Nc3cccc(S(=O)(=O)S(=O)(=O)CCO)c3)CC2)s1)c1ccc([N+](=O)[O-])cc1. The number of thiophene rings is 1. The molecule has 1 fully saturated rings. The van der Waals surface area contributed by atoms with Gasteiger partial charge in [-0.05, 0) is 55.3 Å². The number of hydrogen-bond donors (Lipinski definition) is 3. The Hall–Kier alpha value is -3.42. The molecule has 43 heavy (non-hydrogen) atoms. The zero-order valence-corrected chi connectivity index (χ0v) is 25.7. The van der Waals surface area contributed by atoms with Crippen molar-refractivity contribution in [1.82, 2.24) is 9.62 Å². The van der Waals surface area contributed by atoms with Gasteiger partial charge in [0.1, 0.15) is 4.21 Å². The standard InChI is InChI=1S/C25H28N4O10S4/c30-14-15-41(34,35)43(38,39)23-3-1-2-20(16-23)27-19-10-12-28(13-11-19)42(36,37)24-9-8-22(40-24)17-26-25(31)18-4-6-21(7-5-18)29(32)33/h1-9,16,19,27,30H,10-15,17H2,(H,26,31). The van der Waals surface area contributed by atoms with Gasteiger partial charge in [0.05, 0.1) is 28.7 Å². The van der Waals surface area contributed by atoms with Crippen molar-refractivity contribution < 1.29 is 40.1 Å². The summed E-state index contributed by atoms with van der Waals surface area (Å²) in [6, 6.07) is 13.3. The fourth-order valence-electron chi connectivity index (χ4n) is 4.31. The van der Waals surface area contributed by atoms with Gasteiger partial charge in [-0.3, -0.25) is 14.9 Å². The Labute approximate surface area is 251 Å². The van der Waals surface area contributed by atoms with Gasteiger partial charge >= 0.3 is 0 Å². The summed E-state index contributed by atoms with van der Waals surface area (Å²) in [5, 5.41) is 25.5. The van der Waals surface area contributed by atoms with E-state index >= 15 is 0 Å². The number of nitro groups is 1. The highest BCUT2D eigenvalue weighted by atomic mass is 33.2. The maximum Gasteiger partial charge on any atom is 0.282 e. The third-order valence-electron chi connectivity index (χ3n) is 6.62. The van der Waals surface area contributed by atoms with Crippen molar-refractivity contribution in [3.8, 4) is 0 Å². The molecule has 4 rings (SSSR count). The number of carbonyl (C=O) groups excluding carboxylic acids is 1. The van der Waals surface area contributed by atoms with Gasteiger partial charge in [0.15, 0.2) is 0 Å². The van der Waals surface area contributed by atoms with Crippen molar-refractivity contribution >= 4 is 56.4 Å². The molecule has 3 N–H and O–H groups in total. The molecular formula is C25H28N4O10S4. The maximum atomic E-state index is 13.2. The number of carbonyl (C=O) groups is 1. The molecule has 0 aliphatic carbocycles. The van der Waals surface area contributed by atoms with Gasteiger partial charge in [0, 0.05) is 47.4 Å². The first-order chi connectivity index (χ1) is 20.2. The van der Waals surface area contributed by atoms with Gasteiger partial charge < -0.3 is 15.7 Å². The third-order valence-corrected chi connectivity index (χ3v) is 15.3. The second-order valence-electron chi connectivity index (χ2n) is 9.50. The Morgan fingerprint density at radius 3 is 2.30 bits per heavy atom. The van der Waals surface area contributed by atoms with E-state index in [1.54, 1.807) is 12.1 Å². The van der Waals surface area contributed by atoms with E-state index in [1.807, 2.05) is 0 Å². The van der Waals surface area contributed by atoms with Crippen LogP contribution in [-0.4, -0.2) is 77.0 Å². The van der Waals surface area contributed by atoms with Gasteiger partial charge in [0.25, 0.3) is 39.4 Å². The molecule has 18 heteroatoms. The van der Waals surface area contributed by atoms with Crippen molar-refractivity contribution in [1.29, 1.82) is 0 Å². The first-order valence-electron chi connectivity index (χ1n) is 12.8. The van der Waals surface area contributed by atoms with Crippen LogP contribution in [0.2, 0.25) is 0 Å². The van der Waals surface area contributed by atoms with Gasteiger partial charge in [-0.2, -0.15) is 4.31 Å². The molecule has 0 saturated carbocycles. The van der Waals surface area contributed by atoms with Crippen molar-refractivity contribution in [3.05, 3.63) is 81.2 Å². The van der Waals surface area contributed by atoms with E-state index in [1.165, 1.54) is 46.8 Å². The third kappa shape index (κ3) is 7.39. The van der Waals surface area contributed by atoms with E-state index in [9.17, 15) is 40.2 Å². The Balaban J connectivity index is 1.33. The average molecular weight is 673 g/mol. The summed E-state index contributed by atoms with van der Waals surface area (Å²) in [4.78, 5) is 22.8. The lowest BCUT2D eigenvalue weighted by Crippen LogP contribution is -2.42. The molecule has 0 bridgehead atoms. The van der Waals surface area contributed by atoms with Crippen molar-refractivity contribution in [2.24, 2.45) is 0 Å². The van der Waals surface area contributed by atoms with Crippen LogP contribution in [0.15, 0.2) is 69.8 Å². The fraction of sp³-hybridized carbons (Fsp3) is 0.320. The van der Waals surface area contributed by atoms with E-state index < -0.39 is 55.8 Å². The highest BCUT2D eigenvalue weighted by Gasteiger charge is 2.33. The number of benzene rings is 2. The number of anilines is 1. The van der Waals surface area contributed by atoms with Crippen LogP contribution < -0.4 is 10.6 Å². The second kappa shape index (κ2) is 13.1. The summed E-state index contributed by atoms with van der Waals surface area (Å²) in [6.45, 7) is -0.382. The van der Waals surface area contributed by atoms with E-state index in [-0.39, 0.29) is 41.1 Å². The minimum atomic E-state index is -4.71. The molecule has 0 atom stereocenters. The van der Waals surface area contributed by atoms with Crippen LogP contribution in [0.25, 0.3) is 0 Å². The number of aliphatic hydroxyl groups is 1. The van der Waals surface area contributed by atoms with E-state index in [0.717, 1.165) is 17.4 Å². The molecule has 3 aromatic rings. The zero-order chi connectivity index (χ0) is 31.4. The summed E-state index contributed by atoms with van der Waals surface area (Å²) in [6.07, 6.45) is 0.811. The molecule has 1 aliphatic rings. The Kier molecular flexibility index (Phi) is 9.87. The molecule has 0 unspecified atom stereocenters. The Morgan fingerprint density at radius 1 is 1.00 bits per heavy atom. The Bertz CT molecular complexity index is 1810. The molecule has 1 saturated heterocycles. The average Bonchev–Trinajstić information content (AvgIpc) is 3.46. The molecule has 14 nitrogen and oxygen atoms in total. The number of non-ortho nitro benzene ring substituents is 1. The molecule has 1 amide bonds. The van der Waals surface area contributed by atoms with Gasteiger partial charge in [0.2, 0.25) is 0 Å². The highest BCUT2D eigenvalue weighted by Crippen LogP contribution is 2.29. The molecule has 0 radical (unpaired) electrons. The van der Waals surface area contributed by atoms with Crippen LogP contribution in [-0.2, 0) is 34.3 Å². The quantitative estimate of drug-likeness (QED) is 0.144. The van der Waals surface area contributed by atoms with Crippen molar-refractivity contribution in [2.45, 2.75) is 34.5 Å². The monoisotopic (exact) mass is 672 g/mol. The van der Waals surface area contributed by atoms with Crippen LogP contribution >= 0.6 is 11.3 Å². The molecule has 2 aromatic carbocycles. The first-order valence-corrected chi connectivity index (χ1v) is 18.7. The number of aliphatic hydroxyl groups excluding tert-OH is 1. The van der Waals surface area contributed by atoms with Crippen molar-refractivity contribution in [2.75, 3.05) is 30.8 Å². The summed E-state index contributed by atoms with van der Waals surface area (Å²) in [5.41, 5.74) is 0.448. The Morgan fingerprint density at radius 2 is 1.67 bits per heavy atom. The number of rotatable bonds is 12. The van der Waals surface area contributed by atoms with E-state index in [2.05, 4.69) is 10.6 Å². The maximum absolute atomic E-state index is 13.2. The van der Waals surface area contributed by atoms with E-state index in [4.69, 9.17) is 5.11 Å². The molecule has 1 aromatic heterocycles. The molecule has 2 heterocycles. The summed E-state index contributed by atoms with van der Waals surface area (Å²) in [7, 11) is -13.1. The predicted molar refractivity (Wildman–Crippen MR) is 158 cm³/mol. The van der Waals surface area contributed by atoms with Crippen LogP contribution in [0.3, 0.4) is 0 Å². The van der Waals surface area contributed by atoms with Gasteiger partial charge in [-0.1, -0.05) is 6.07 Å². The summed E-state index contributed by atoms with van der Waals surface area (Å²) < 4.78 is 77.1. The lowest BCUT2D eigenvalue weighted by molar-refractivity contribution is -0.384. The molecule has 232 valence electrons. The molecular weight excluding hydrogens is 645 g/mol. The van der Waals surface area contributed by atoms with Crippen LogP contribution in [0.4, 0.5) is 11.4 Å². The molecule has 0 spiro atoms. The first kappa shape index (κ1) is 32.5. The smallest absolute Gasteiger partial charge is 0.282 e. The number of nitrogens with zero attached hydrogens (tertiary/aromatic N) is 2. The normalized spacial score (nSPS) is 15.2. The van der Waals surface area contributed by atoms with Gasteiger partial charge in [-0.15, -0.1) is 11.3 Å². The number of amides is 1. The topological polar surface area (TPSA) is 210 Å². The fourth-order valence-corrected chi connectivity index (χ4v) is 10.6. The number of nitrogens with one attached hydrogen (secondary N) is 2. The summed E-state index contributed by atoms with van der Waals surface area (Å²) >= 11 is 1.02. The van der Waals surface area contributed by atoms with Crippen LogP contribution in [0, 0.1) is 10.1 Å². The lowest BCUT2D eigenvalue weighted by Gasteiger charge is -2.31. The highest BCUT2D eigenvalue weighted by molar-refractivity contribution is 8.67. The van der Waals surface area contributed by atoms with Gasteiger partial charge in [-0.25, -0.2) is 25.3 Å².